The Bertz CT molecular complexity index is 465. The van der Waals surface area contributed by atoms with Crippen molar-refractivity contribution in [3.05, 3.63) is 0 Å². The highest BCUT2D eigenvalue weighted by molar-refractivity contribution is 7.92. The summed E-state index contributed by atoms with van der Waals surface area (Å²) in [4.78, 5) is 0. The molecule has 0 saturated carbocycles. The molecule has 17 heavy (non-hydrogen) atoms. The molecule has 2 atom stereocenters. The smallest absolute Gasteiger partial charge is 0.213 e. The molecule has 6 nitrogen and oxygen atoms in total. The molecule has 2 aliphatic rings. The Balaban J connectivity index is 1.89. The van der Waals surface area contributed by atoms with Crippen LogP contribution in [0, 0.1) is 0 Å². The fourth-order valence-electron chi connectivity index (χ4n) is 2.35. The SMILES string of the molecule is O=S1(=O)CCC(NS(=O)(=O)CC2CCCN2)C1. The molecule has 2 unspecified atom stereocenters. The van der Waals surface area contributed by atoms with Crippen LogP contribution in [0.15, 0.2) is 0 Å². The molecule has 2 aliphatic heterocycles. The standard InChI is InChI=1S/C9H18N2O4S2/c12-16(13)5-3-9(6-16)11-17(14,15)7-8-2-1-4-10-8/h8-11H,1-7H2. The molecule has 0 radical (unpaired) electrons. The van der Waals surface area contributed by atoms with Crippen LogP contribution >= 0.6 is 0 Å². The highest BCUT2D eigenvalue weighted by Crippen LogP contribution is 2.13. The average molecular weight is 282 g/mol. The van der Waals surface area contributed by atoms with Crippen LogP contribution in [0.5, 0.6) is 0 Å². The van der Waals surface area contributed by atoms with Crippen molar-refractivity contribution in [2.75, 3.05) is 23.8 Å². The number of nitrogens with one attached hydrogen (secondary N) is 2. The van der Waals surface area contributed by atoms with Crippen molar-refractivity contribution in [1.82, 2.24) is 10.0 Å². The summed E-state index contributed by atoms with van der Waals surface area (Å²) in [5.74, 6) is 0.0652. The third-order valence-electron chi connectivity index (χ3n) is 3.16. The van der Waals surface area contributed by atoms with E-state index in [9.17, 15) is 16.8 Å². The minimum Gasteiger partial charge on any atom is -0.313 e. The Morgan fingerprint density at radius 3 is 2.59 bits per heavy atom. The van der Waals surface area contributed by atoms with Gasteiger partial charge in [-0.1, -0.05) is 0 Å². The number of hydrogen-bond acceptors (Lipinski definition) is 5. The molecule has 0 aromatic carbocycles. The van der Waals surface area contributed by atoms with Gasteiger partial charge in [-0.25, -0.2) is 21.6 Å². The Morgan fingerprint density at radius 1 is 1.29 bits per heavy atom. The number of hydrogen-bond donors (Lipinski definition) is 2. The molecule has 0 bridgehead atoms. The van der Waals surface area contributed by atoms with E-state index in [1.165, 1.54) is 0 Å². The van der Waals surface area contributed by atoms with Crippen molar-refractivity contribution >= 4 is 19.9 Å². The van der Waals surface area contributed by atoms with Crippen molar-refractivity contribution in [3.63, 3.8) is 0 Å². The highest BCUT2D eigenvalue weighted by Gasteiger charge is 2.32. The van der Waals surface area contributed by atoms with Crippen LogP contribution in [0.25, 0.3) is 0 Å². The Kier molecular flexibility index (Phi) is 3.77. The lowest BCUT2D eigenvalue weighted by Gasteiger charge is -2.14. The van der Waals surface area contributed by atoms with Crippen LogP contribution in [0.2, 0.25) is 0 Å². The van der Waals surface area contributed by atoms with Crippen LogP contribution in [0.1, 0.15) is 19.3 Å². The van der Waals surface area contributed by atoms with E-state index >= 15 is 0 Å². The van der Waals surface area contributed by atoms with Gasteiger partial charge in [0.15, 0.2) is 9.84 Å². The molecule has 2 rings (SSSR count). The minimum atomic E-state index is -3.38. The molecule has 0 spiro atoms. The zero-order chi connectivity index (χ0) is 12.5. The first-order chi connectivity index (χ1) is 7.86. The van der Waals surface area contributed by atoms with Crippen LogP contribution in [0.4, 0.5) is 0 Å². The predicted molar refractivity (Wildman–Crippen MR) is 65.0 cm³/mol. The minimum absolute atomic E-state index is 0.00510. The summed E-state index contributed by atoms with van der Waals surface area (Å²) in [5.41, 5.74) is 0. The van der Waals surface area contributed by atoms with E-state index in [2.05, 4.69) is 10.0 Å². The maximum absolute atomic E-state index is 11.8. The lowest BCUT2D eigenvalue weighted by molar-refractivity contribution is 0.548. The summed E-state index contributed by atoms with van der Waals surface area (Å²) in [6.07, 6.45) is 2.25. The van der Waals surface area contributed by atoms with Gasteiger partial charge in [0.2, 0.25) is 10.0 Å². The van der Waals surface area contributed by atoms with Crippen molar-refractivity contribution in [1.29, 1.82) is 0 Å². The molecule has 0 amide bonds. The van der Waals surface area contributed by atoms with Crippen LogP contribution in [-0.2, 0) is 19.9 Å². The molecular weight excluding hydrogens is 264 g/mol. The molecule has 2 N–H and O–H groups in total. The number of sulfonamides is 1. The van der Waals surface area contributed by atoms with Crippen molar-refractivity contribution in [3.8, 4) is 0 Å². The van der Waals surface area contributed by atoms with Crippen LogP contribution in [0.3, 0.4) is 0 Å². The fraction of sp³-hybridized carbons (Fsp3) is 1.00. The van der Waals surface area contributed by atoms with E-state index < -0.39 is 25.9 Å². The predicted octanol–water partition coefficient (Wildman–Crippen LogP) is -1.16. The molecule has 8 heteroatoms. The van der Waals surface area contributed by atoms with Gasteiger partial charge in [-0.05, 0) is 25.8 Å². The lowest BCUT2D eigenvalue weighted by atomic mass is 10.3. The Morgan fingerprint density at radius 2 is 2.06 bits per heavy atom. The van der Waals surface area contributed by atoms with Gasteiger partial charge in [0.05, 0.1) is 17.3 Å². The summed E-state index contributed by atoms with van der Waals surface area (Å²) in [5, 5.41) is 3.12. The summed E-state index contributed by atoms with van der Waals surface area (Å²) < 4.78 is 48.6. The molecule has 2 saturated heterocycles. The van der Waals surface area contributed by atoms with Crippen LogP contribution in [-0.4, -0.2) is 52.7 Å². The first kappa shape index (κ1) is 13.3. The number of rotatable bonds is 4. The van der Waals surface area contributed by atoms with Gasteiger partial charge in [-0.3, -0.25) is 0 Å². The molecule has 2 heterocycles. The molecule has 0 aromatic heterocycles. The van der Waals surface area contributed by atoms with Gasteiger partial charge in [0.25, 0.3) is 0 Å². The second-order valence-corrected chi connectivity index (χ2v) is 8.82. The topological polar surface area (TPSA) is 92.3 Å². The van der Waals surface area contributed by atoms with Gasteiger partial charge >= 0.3 is 0 Å². The van der Waals surface area contributed by atoms with E-state index in [1.54, 1.807) is 0 Å². The van der Waals surface area contributed by atoms with E-state index in [0.717, 1.165) is 19.4 Å². The normalized spacial score (nSPS) is 32.9. The fourth-order valence-corrected chi connectivity index (χ4v) is 5.75. The van der Waals surface area contributed by atoms with Crippen LogP contribution < -0.4 is 10.0 Å². The maximum Gasteiger partial charge on any atom is 0.213 e. The third kappa shape index (κ3) is 3.90. The van der Waals surface area contributed by atoms with Gasteiger partial charge in [-0.15, -0.1) is 0 Å². The largest absolute Gasteiger partial charge is 0.313 e. The number of sulfone groups is 1. The average Bonchev–Trinajstić information content (AvgIpc) is 2.74. The van der Waals surface area contributed by atoms with E-state index in [-0.39, 0.29) is 23.3 Å². The first-order valence-corrected chi connectivity index (χ1v) is 9.27. The molecule has 0 aromatic rings. The summed E-state index contributed by atoms with van der Waals surface area (Å²) >= 11 is 0. The highest BCUT2D eigenvalue weighted by atomic mass is 32.2. The quantitative estimate of drug-likeness (QED) is 0.679. The summed E-state index contributed by atoms with van der Waals surface area (Å²) in [7, 11) is -6.41. The van der Waals surface area contributed by atoms with E-state index in [1.807, 2.05) is 0 Å². The monoisotopic (exact) mass is 282 g/mol. The summed E-state index contributed by atoms with van der Waals surface area (Å²) in [6.45, 7) is 0.859. The summed E-state index contributed by atoms with van der Waals surface area (Å²) in [6, 6.07) is -0.433. The van der Waals surface area contributed by atoms with Crippen molar-refractivity contribution in [2.45, 2.75) is 31.3 Å². The second kappa shape index (κ2) is 4.83. The molecular formula is C9H18N2O4S2. The van der Waals surface area contributed by atoms with E-state index in [0.29, 0.717) is 6.42 Å². The molecule has 0 aliphatic carbocycles. The molecule has 100 valence electrons. The zero-order valence-electron chi connectivity index (χ0n) is 9.55. The third-order valence-corrected chi connectivity index (χ3v) is 6.46. The van der Waals surface area contributed by atoms with Gasteiger partial charge in [0, 0.05) is 12.1 Å². The second-order valence-electron chi connectivity index (χ2n) is 4.79. The first-order valence-electron chi connectivity index (χ1n) is 5.80. The Labute approximate surface area is 102 Å². The van der Waals surface area contributed by atoms with Gasteiger partial charge < -0.3 is 5.32 Å². The van der Waals surface area contributed by atoms with Gasteiger partial charge in [-0.2, -0.15) is 0 Å². The maximum atomic E-state index is 11.8. The van der Waals surface area contributed by atoms with Crippen molar-refractivity contribution in [2.24, 2.45) is 0 Å². The van der Waals surface area contributed by atoms with E-state index in [4.69, 9.17) is 0 Å². The van der Waals surface area contributed by atoms with Gasteiger partial charge in [0.1, 0.15) is 0 Å². The lowest BCUT2D eigenvalue weighted by Crippen LogP contribution is -2.41. The Hall–Kier alpha value is -0.180. The molecule has 2 fully saturated rings. The van der Waals surface area contributed by atoms with Crippen molar-refractivity contribution < 1.29 is 16.8 Å². The zero-order valence-corrected chi connectivity index (χ0v) is 11.2.